The molecule has 2 heteroatoms. The van der Waals surface area contributed by atoms with Crippen LogP contribution in [0.1, 0.15) is 0 Å². The van der Waals surface area contributed by atoms with Gasteiger partial charge in [-0.15, -0.1) is 0 Å². The van der Waals surface area contributed by atoms with Gasteiger partial charge in [-0.1, -0.05) is 0 Å². The first-order chi connectivity index (χ1) is 6.88. The van der Waals surface area contributed by atoms with Crippen LogP contribution < -0.4 is 8.92 Å². The Kier molecular flexibility index (Phi) is 3.44. The molecule has 0 nitrogen and oxygen atoms in total. The van der Waals surface area contributed by atoms with Gasteiger partial charge in [0.25, 0.3) is 0 Å². The summed E-state index contributed by atoms with van der Waals surface area (Å²) in [6, 6.07) is 21.5. The summed E-state index contributed by atoms with van der Waals surface area (Å²) in [7, 11) is 0. The summed E-state index contributed by atoms with van der Waals surface area (Å²) in [4.78, 5) is 0. The predicted molar refractivity (Wildman–Crippen MR) is 66.5 cm³/mol. The summed E-state index contributed by atoms with van der Waals surface area (Å²) in [5.41, 5.74) is 0. The second-order valence-electron chi connectivity index (χ2n) is 3.06. The molecule has 0 aliphatic heterocycles. The van der Waals surface area contributed by atoms with Gasteiger partial charge >= 0.3 is 94.8 Å². The van der Waals surface area contributed by atoms with Crippen molar-refractivity contribution in [1.29, 1.82) is 0 Å². The molecule has 2 aromatic carbocycles. The van der Waals surface area contributed by atoms with Gasteiger partial charge in [0.05, 0.1) is 0 Å². The molecule has 0 unspecified atom stereocenters. The Hall–Kier alpha value is -0.521. The van der Waals surface area contributed by atoms with Crippen molar-refractivity contribution < 1.29 is 0 Å². The zero-order valence-electron chi connectivity index (χ0n) is 7.68. The van der Waals surface area contributed by atoms with E-state index >= 15 is 0 Å². The number of benzene rings is 2. The van der Waals surface area contributed by atoms with Crippen LogP contribution in [0.25, 0.3) is 0 Å². The minimum absolute atomic E-state index is 1.32. The van der Waals surface area contributed by atoms with Crippen LogP contribution in [0, 0.1) is 0 Å². The number of hydrogen-bond acceptors (Lipinski definition) is 0. The molecule has 2 rings (SSSR count). The molecule has 0 heterocycles. The molecule has 0 spiro atoms. The van der Waals surface area contributed by atoms with Crippen molar-refractivity contribution in [3.8, 4) is 0 Å². The van der Waals surface area contributed by atoms with Crippen molar-refractivity contribution in [3.63, 3.8) is 0 Å². The Balaban J connectivity index is 2.35. The van der Waals surface area contributed by atoms with Gasteiger partial charge in [-0.25, -0.2) is 0 Å². The molecule has 0 radical (unpaired) electrons. The second kappa shape index (κ2) is 4.82. The second-order valence-corrected chi connectivity index (χ2v) is 11.3. The summed E-state index contributed by atoms with van der Waals surface area (Å²) in [6.45, 7) is 0. The van der Waals surface area contributed by atoms with Gasteiger partial charge in [0.2, 0.25) is 0 Å². The van der Waals surface area contributed by atoms with Crippen molar-refractivity contribution in [2.45, 2.75) is 0 Å². The molecular weight excluding hydrogens is 302 g/mol. The fourth-order valence-corrected chi connectivity index (χ4v) is 7.09. The fourth-order valence-electron chi connectivity index (χ4n) is 1.35. The van der Waals surface area contributed by atoms with E-state index in [0.29, 0.717) is 0 Å². The summed E-state index contributed by atoms with van der Waals surface area (Å²) >= 11 is 2.05. The van der Waals surface area contributed by atoms with Crippen LogP contribution in [0.5, 0.6) is 0 Å². The third-order valence-corrected chi connectivity index (χ3v) is 10.8. The van der Waals surface area contributed by atoms with E-state index in [-0.39, 0.29) is 0 Å². The minimum atomic E-state index is -1.32. The van der Waals surface area contributed by atoms with E-state index in [1.54, 1.807) is 0 Å². The third-order valence-electron chi connectivity index (χ3n) is 2.07. The Morgan fingerprint density at radius 3 is 1.36 bits per heavy atom. The van der Waals surface area contributed by atoms with Crippen LogP contribution in [-0.2, 0) is 0 Å². The normalized spacial score (nSPS) is 11.0. The van der Waals surface area contributed by atoms with Crippen LogP contribution >= 0.6 is 0 Å². The molecule has 0 atom stereocenters. The summed E-state index contributed by atoms with van der Waals surface area (Å²) in [5.74, 6) is 0. The maximum atomic E-state index is 3.38. The Labute approximate surface area is 94.5 Å². The monoisotopic (exact) mass is 316 g/mol. The molecule has 0 amide bonds. The van der Waals surface area contributed by atoms with Crippen LogP contribution in [0.3, 0.4) is 0 Å². The van der Waals surface area contributed by atoms with Gasteiger partial charge in [-0.05, 0) is 0 Å². The molecule has 72 valence electrons. The first-order valence-electron chi connectivity index (χ1n) is 4.53. The van der Waals surface area contributed by atoms with E-state index in [1.807, 2.05) is 0 Å². The molecule has 0 aliphatic rings. The van der Waals surface area contributed by atoms with E-state index in [0.717, 1.165) is 0 Å². The number of rotatable bonds is 2. The van der Waals surface area contributed by atoms with E-state index < -0.39 is 11.5 Å². The summed E-state index contributed by atoms with van der Waals surface area (Å²) < 4.78 is 2.97. The van der Waals surface area contributed by atoms with Gasteiger partial charge in [-0.3, -0.25) is 0 Å². The zero-order chi connectivity index (χ0) is 9.80. The van der Waals surface area contributed by atoms with Crippen LogP contribution in [0.2, 0.25) is 0 Å². The topological polar surface area (TPSA) is 0 Å². The molecule has 0 N–H and O–H groups in total. The molecule has 2 aromatic rings. The first kappa shape index (κ1) is 10.0. The van der Waals surface area contributed by atoms with Crippen LogP contribution in [0.15, 0.2) is 60.7 Å². The molecule has 0 saturated carbocycles. The first-order valence-corrected chi connectivity index (χ1v) is 11.9. The van der Waals surface area contributed by atoms with Crippen molar-refractivity contribution in [2.24, 2.45) is 0 Å². The average molecular weight is 314 g/mol. The Morgan fingerprint density at radius 2 is 1.00 bits per heavy atom. The van der Waals surface area contributed by atoms with Gasteiger partial charge in [0, 0.05) is 0 Å². The molecule has 0 aliphatic carbocycles. The Bertz CT molecular complexity index is 379. The summed E-state index contributed by atoms with van der Waals surface area (Å²) in [5, 5.41) is 0. The molecule has 0 fully saturated rings. The van der Waals surface area contributed by atoms with Gasteiger partial charge < -0.3 is 0 Å². The summed E-state index contributed by atoms with van der Waals surface area (Å²) in [6.07, 6.45) is 0. The van der Waals surface area contributed by atoms with Crippen molar-refractivity contribution in [1.82, 2.24) is 0 Å². The molecule has 0 saturated heterocycles. The molecule has 14 heavy (non-hydrogen) atoms. The SMILES string of the molecule is [Se]=[SeH2](c1ccccc1)c1ccccc1. The third kappa shape index (κ3) is 2.29. The number of hydrogen-bond donors (Lipinski definition) is 0. The van der Waals surface area contributed by atoms with Crippen LogP contribution in [0.4, 0.5) is 0 Å². The van der Waals surface area contributed by atoms with Crippen molar-refractivity contribution in [2.75, 3.05) is 0 Å². The maximum absolute atomic E-state index is 3.38. The molecular formula is C12H12Se2. The predicted octanol–water partition coefficient (Wildman–Crippen LogP) is 0.425. The van der Waals surface area contributed by atoms with Crippen molar-refractivity contribution in [3.05, 3.63) is 60.7 Å². The van der Waals surface area contributed by atoms with Crippen LogP contribution in [-0.4, -0.2) is 25.2 Å². The van der Waals surface area contributed by atoms with Gasteiger partial charge in [-0.2, -0.15) is 0 Å². The quantitative estimate of drug-likeness (QED) is 0.705. The average Bonchev–Trinajstić information content (AvgIpc) is 2.30. The van der Waals surface area contributed by atoms with Crippen molar-refractivity contribution >= 4 is 34.1 Å². The van der Waals surface area contributed by atoms with Gasteiger partial charge in [0.15, 0.2) is 0 Å². The van der Waals surface area contributed by atoms with E-state index in [9.17, 15) is 0 Å². The zero-order valence-corrected chi connectivity index (χ0v) is 11.5. The molecule has 0 aromatic heterocycles. The van der Waals surface area contributed by atoms with E-state index in [1.165, 1.54) is 8.92 Å². The van der Waals surface area contributed by atoms with Gasteiger partial charge in [0.1, 0.15) is 0 Å². The molecule has 0 bridgehead atoms. The van der Waals surface area contributed by atoms with E-state index in [4.69, 9.17) is 0 Å². The Morgan fingerprint density at radius 1 is 0.643 bits per heavy atom. The van der Waals surface area contributed by atoms with E-state index in [2.05, 4.69) is 74.3 Å². The standard InChI is InChI=1S/C12H12Se2/c13-14(11-7-3-1-4-8-11)12-9-5-2-6-10-12/h1-10H,14H2. The fraction of sp³-hybridized carbons (Fsp3) is 0.